The molecule has 0 aliphatic rings. The summed E-state index contributed by atoms with van der Waals surface area (Å²) in [6, 6.07) is 0.520. The quantitative estimate of drug-likeness (QED) is 0.774. The summed E-state index contributed by atoms with van der Waals surface area (Å²) < 4.78 is 1.04. The molecule has 1 N–H and O–H groups in total. The van der Waals surface area contributed by atoms with Gasteiger partial charge < -0.3 is 10.2 Å². The maximum absolute atomic E-state index is 4.13. The SMILES string of the molecule is CCNC(C)CSc1nnc(N(C)C)s1. The van der Waals surface area contributed by atoms with Gasteiger partial charge >= 0.3 is 0 Å². The fourth-order valence-corrected chi connectivity index (χ4v) is 2.82. The Balaban J connectivity index is 2.37. The summed E-state index contributed by atoms with van der Waals surface area (Å²) in [5.41, 5.74) is 0. The number of hydrogen-bond acceptors (Lipinski definition) is 6. The molecule has 0 bridgehead atoms. The monoisotopic (exact) mass is 246 g/mol. The van der Waals surface area contributed by atoms with Crippen molar-refractivity contribution < 1.29 is 0 Å². The lowest BCUT2D eigenvalue weighted by molar-refractivity contribution is 0.620. The fourth-order valence-electron chi connectivity index (χ4n) is 1.05. The molecule has 1 aromatic heterocycles. The zero-order valence-electron chi connectivity index (χ0n) is 9.65. The molecule has 0 spiro atoms. The van der Waals surface area contributed by atoms with Gasteiger partial charge in [0.2, 0.25) is 5.13 Å². The largest absolute Gasteiger partial charge is 0.353 e. The molecule has 0 fully saturated rings. The van der Waals surface area contributed by atoms with Crippen LogP contribution in [0, 0.1) is 0 Å². The van der Waals surface area contributed by atoms with E-state index in [1.807, 2.05) is 19.0 Å². The van der Waals surface area contributed by atoms with Crippen LogP contribution in [0.4, 0.5) is 5.13 Å². The second kappa shape index (κ2) is 6.30. The first-order valence-corrected chi connectivity index (χ1v) is 6.80. The van der Waals surface area contributed by atoms with Crippen molar-refractivity contribution in [3.63, 3.8) is 0 Å². The number of nitrogens with zero attached hydrogens (tertiary/aromatic N) is 3. The van der Waals surface area contributed by atoms with Crippen molar-refractivity contribution in [3.8, 4) is 0 Å². The van der Waals surface area contributed by atoms with Crippen LogP contribution in [0.15, 0.2) is 4.34 Å². The molecule has 0 saturated heterocycles. The number of aromatic nitrogens is 2. The van der Waals surface area contributed by atoms with Crippen molar-refractivity contribution in [1.29, 1.82) is 0 Å². The van der Waals surface area contributed by atoms with Crippen molar-refractivity contribution in [3.05, 3.63) is 0 Å². The number of thioether (sulfide) groups is 1. The fraction of sp³-hybridized carbons (Fsp3) is 0.778. The molecule has 1 aromatic rings. The van der Waals surface area contributed by atoms with Gasteiger partial charge in [0.25, 0.3) is 0 Å². The van der Waals surface area contributed by atoms with Gasteiger partial charge in [-0.2, -0.15) is 0 Å². The van der Waals surface area contributed by atoms with Gasteiger partial charge in [0.05, 0.1) is 0 Å². The minimum Gasteiger partial charge on any atom is -0.353 e. The number of nitrogens with one attached hydrogen (secondary N) is 1. The Bertz CT molecular complexity index is 287. The molecule has 6 heteroatoms. The summed E-state index contributed by atoms with van der Waals surface area (Å²) in [6.45, 7) is 5.32. The zero-order valence-corrected chi connectivity index (χ0v) is 11.3. The molecule has 0 amide bonds. The summed E-state index contributed by atoms with van der Waals surface area (Å²) in [7, 11) is 3.96. The Labute approximate surface area is 99.5 Å². The molecule has 86 valence electrons. The van der Waals surface area contributed by atoms with Crippen LogP contribution in [0.25, 0.3) is 0 Å². The normalized spacial score (nSPS) is 12.8. The summed E-state index contributed by atoms with van der Waals surface area (Å²) in [5, 5.41) is 12.6. The van der Waals surface area contributed by atoms with E-state index in [0.29, 0.717) is 6.04 Å². The van der Waals surface area contributed by atoms with Gasteiger partial charge in [-0.1, -0.05) is 30.0 Å². The van der Waals surface area contributed by atoms with Crippen molar-refractivity contribution in [2.24, 2.45) is 0 Å². The van der Waals surface area contributed by atoms with Gasteiger partial charge in [0, 0.05) is 25.9 Å². The third-order valence-electron chi connectivity index (χ3n) is 1.79. The van der Waals surface area contributed by atoms with Crippen LogP contribution in [-0.2, 0) is 0 Å². The van der Waals surface area contributed by atoms with Crippen LogP contribution in [-0.4, -0.2) is 42.6 Å². The van der Waals surface area contributed by atoms with E-state index < -0.39 is 0 Å². The predicted molar refractivity (Wildman–Crippen MR) is 68.1 cm³/mol. The highest BCUT2D eigenvalue weighted by atomic mass is 32.2. The Morgan fingerprint density at radius 2 is 2.20 bits per heavy atom. The Morgan fingerprint density at radius 1 is 1.47 bits per heavy atom. The van der Waals surface area contributed by atoms with E-state index in [9.17, 15) is 0 Å². The van der Waals surface area contributed by atoms with E-state index >= 15 is 0 Å². The number of hydrogen-bond donors (Lipinski definition) is 1. The van der Waals surface area contributed by atoms with Crippen molar-refractivity contribution >= 4 is 28.2 Å². The Hall–Kier alpha value is -0.330. The summed E-state index contributed by atoms with van der Waals surface area (Å²) in [5.74, 6) is 1.04. The average Bonchev–Trinajstić information content (AvgIpc) is 2.63. The molecule has 4 nitrogen and oxygen atoms in total. The molecular weight excluding hydrogens is 228 g/mol. The third-order valence-corrected chi connectivity index (χ3v) is 4.27. The molecule has 0 aliphatic carbocycles. The second-order valence-electron chi connectivity index (χ2n) is 3.51. The first-order chi connectivity index (χ1) is 7.13. The molecule has 0 saturated carbocycles. The molecular formula is C9H18N4S2. The van der Waals surface area contributed by atoms with E-state index in [0.717, 1.165) is 21.8 Å². The minimum atomic E-state index is 0.520. The first kappa shape index (κ1) is 12.7. The van der Waals surface area contributed by atoms with E-state index in [1.165, 1.54) is 0 Å². The van der Waals surface area contributed by atoms with Crippen LogP contribution >= 0.6 is 23.1 Å². The van der Waals surface area contributed by atoms with Gasteiger partial charge in [-0.05, 0) is 13.5 Å². The highest BCUT2D eigenvalue weighted by Crippen LogP contribution is 2.26. The lowest BCUT2D eigenvalue weighted by atomic mass is 10.4. The van der Waals surface area contributed by atoms with E-state index in [2.05, 4.69) is 29.4 Å². The molecule has 1 heterocycles. The molecule has 1 unspecified atom stereocenters. The molecule has 0 aromatic carbocycles. The van der Waals surface area contributed by atoms with Gasteiger partial charge in [0.1, 0.15) is 0 Å². The predicted octanol–water partition coefficient (Wildman–Crippen LogP) is 1.69. The smallest absolute Gasteiger partial charge is 0.208 e. The lowest BCUT2D eigenvalue weighted by Gasteiger charge is -2.09. The Morgan fingerprint density at radius 3 is 2.73 bits per heavy atom. The van der Waals surface area contributed by atoms with Crippen LogP contribution in [0.3, 0.4) is 0 Å². The van der Waals surface area contributed by atoms with Crippen LogP contribution in [0.5, 0.6) is 0 Å². The van der Waals surface area contributed by atoms with Crippen LogP contribution in [0.2, 0.25) is 0 Å². The average molecular weight is 246 g/mol. The topological polar surface area (TPSA) is 41.1 Å². The molecule has 1 rings (SSSR count). The van der Waals surface area contributed by atoms with E-state index in [1.54, 1.807) is 23.1 Å². The maximum atomic E-state index is 4.13. The van der Waals surface area contributed by atoms with Gasteiger partial charge in [-0.25, -0.2) is 0 Å². The van der Waals surface area contributed by atoms with Gasteiger partial charge in [-0.15, -0.1) is 10.2 Å². The van der Waals surface area contributed by atoms with Gasteiger partial charge in [-0.3, -0.25) is 0 Å². The molecule has 1 atom stereocenters. The summed E-state index contributed by atoms with van der Waals surface area (Å²) >= 11 is 3.40. The summed E-state index contributed by atoms with van der Waals surface area (Å²) in [6.07, 6.45) is 0. The van der Waals surface area contributed by atoms with E-state index in [-0.39, 0.29) is 0 Å². The van der Waals surface area contributed by atoms with E-state index in [4.69, 9.17) is 0 Å². The first-order valence-electron chi connectivity index (χ1n) is 5.00. The minimum absolute atomic E-state index is 0.520. The van der Waals surface area contributed by atoms with Crippen molar-refractivity contribution in [2.45, 2.75) is 24.2 Å². The van der Waals surface area contributed by atoms with Crippen molar-refractivity contribution in [1.82, 2.24) is 15.5 Å². The molecule has 0 aliphatic heterocycles. The molecule has 15 heavy (non-hydrogen) atoms. The highest BCUT2D eigenvalue weighted by molar-refractivity contribution is 8.01. The lowest BCUT2D eigenvalue weighted by Crippen LogP contribution is -2.27. The highest BCUT2D eigenvalue weighted by Gasteiger charge is 2.07. The second-order valence-corrected chi connectivity index (χ2v) is 5.74. The zero-order chi connectivity index (χ0) is 11.3. The number of rotatable bonds is 6. The maximum Gasteiger partial charge on any atom is 0.208 e. The van der Waals surface area contributed by atoms with Gasteiger partial charge in [0.15, 0.2) is 4.34 Å². The third kappa shape index (κ3) is 4.36. The van der Waals surface area contributed by atoms with Crippen LogP contribution in [0.1, 0.15) is 13.8 Å². The summed E-state index contributed by atoms with van der Waals surface area (Å²) in [4.78, 5) is 1.98. The molecule has 0 radical (unpaired) electrons. The number of anilines is 1. The van der Waals surface area contributed by atoms with Crippen LogP contribution < -0.4 is 10.2 Å². The van der Waals surface area contributed by atoms with Crippen molar-refractivity contribution in [2.75, 3.05) is 31.3 Å². The Kier molecular flexibility index (Phi) is 5.35. The standard InChI is InChI=1S/C9H18N4S2/c1-5-10-7(2)6-14-9-12-11-8(15-9)13(3)4/h7,10H,5-6H2,1-4H3.